The first kappa shape index (κ1) is 24.4. The second-order valence-corrected chi connectivity index (χ2v) is 9.93. The molecule has 0 spiro atoms. The van der Waals surface area contributed by atoms with E-state index < -0.39 is 0 Å². The van der Waals surface area contributed by atoms with Gasteiger partial charge in [0.25, 0.3) is 0 Å². The SMILES string of the molecule is CC(C)Cc1cc2c3ccccc3n(C)c2c(CC(C)C)c1-n1ccnc1-c1[c-]cccc1.[Ir]. The van der Waals surface area contributed by atoms with Crippen LogP contribution in [0.2, 0.25) is 0 Å². The number of hydrogen-bond donors (Lipinski definition) is 0. The van der Waals surface area contributed by atoms with Gasteiger partial charge >= 0.3 is 0 Å². The third-order valence-corrected chi connectivity index (χ3v) is 6.41. The molecule has 0 aliphatic carbocycles. The summed E-state index contributed by atoms with van der Waals surface area (Å²) in [5.74, 6) is 2.04. The number of benzene rings is 3. The Bertz CT molecular complexity index is 1420. The van der Waals surface area contributed by atoms with Crippen LogP contribution in [0.3, 0.4) is 0 Å². The Labute approximate surface area is 216 Å². The van der Waals surface area contributed by atoms with Gasteiger partial charge in [-0.1, -0.05) is 45.9 Å². The monoisotopic (exact) mass is 627 g/mol. The van der Waals surface area contributed by atoms with Crippen molar-refractivity contribution in [3.05, 3.63) is 84.2 Å². The molecule has 4 heteroatoms. The minimum atomic E-state index is 0. The van der Waals surface area contributed by atoms with Crippen molar-refractivity contribution >= 4 is 21.8 Å². The molecule has 0 saturated heterocycles. The van der Waals surface area contributed by atoms with E-state index in [0.717, 1.165) is 24.2 Å². The van der Waals surface area contributed by atoms with Gasteiger partial charge in [0.1, 0.15) is 0 Å². The Morgan fingerprint density at radius 2 is 1.65 bits per heavy atom. The molecule has 1 radical (unpaired) electrons. The summed E-state index contributed by atoms with van der Waals surface area (Å²) in [5, 5.41) is 2.69. The molecule has 0 fully saturated rings. The molecule has 0 aliphatic rings. The van der Waals surface area contributed by atoms with Crippen molar-refractivity contribution in [1.82, 2.24) is 14.1 Å². The van der Waals surface area contributed by atoms with E-state index in [1.165, 1.54) is 38.6 Å². The Morgan fingerprint density at radius 3 is 2.35 bits per heavy atom. The Kier molecular flexibility index (Phi) is 7.11. The van der Waals surface area contributed by atoms with E-state index >= 15 is 0 Å². The number of rotatable bonds is 6. The summed E-state index contributed by atoms with van der Waals surface area (Å²) in [7, 11) is 2.21. The van der Waals surface area contributed by atoms with E-state index in [0.29, 0.717) is 11.8 Å². The first-order valence-corrected chi connectivity index (χ1v) is 12.0. The van der Waals surface area contributed by atoms with Crippen LogP contribution in [0.1, 0.15) is 38.8 Å². The minimum Gasteiger partial charge on any atom is -0.343 e. The summed E-state index contributed by atoms with van der Waals surface area (Å²) in [6.07, 6.45) is 6.07. The molecule has 0 N–H and O–H groups in total. The van der Waals surface area contributed by atoms with Gasteiger partial charge in [-0.3, -0.25) is 4.98 Å². The van der Waals surface area contributed by atoms with E-state index in [1.807, 2.05) is 18.3 Å². The molecule has 0 saturated carbocycles. The van der Waals surface area contributed by atoms with Crippen LogP contribution in [0.4, 0.5) is 0 Å². The molecule has 0 atom stereocenters. The van der Waals surface area contributed by atoms with Gasteiger partial charge in [0.05, 0.1) is 11.3 Å². The Hall–Kier alpha value is -2.68. The maximum absolute atomic E-state index is 4.77. The summed E-state index contributed by atoms with van der Waals surface area (Å²) in [6.45, 7) is 9.23. The fourth-order valence-electron chi connectivity index (χ4n) is 5.19. The molecule has 34 heavy (non-hydrogen) atoms. The minimum absolute atomic E-state index is 0. The van der Waals surface area contributed by atoms with Gasteiger partial charge in [0, 0.05) is 67.1 Å². The second-order valence-electron chi connectivity index (χ2n) is 9.93. The molecule has 0 unspecified atom stereocenters. The van der Waals surface area contributed by atoms with Crippen LogP contribution in [0.15, 0.2) is 67.0 Å². The molecule has 3 nitrogen and oxygen atoms in total. The standard InChI is InChI=1S/C30H32N3.Ir/c1-20(2)17-23-19-25-24-13-9-10-14-27(24)32(5)29(25)26(18-21(3)4)28(23)33-16-15-31-30(33)22-11-7-6-8-12-22;/h6-11,13-16,19-21H,17-18H2,1-5H3;/q-1;. The molecule has 5 rings (SSSR count). The zero-order valence-electron chi connectivity index (χ0n) is 20.6. The summed E-state index contributed by atoms with van der Waals surface area (Å²) >= 11 is 0. The van der Waals surface area contributed by atoms with Gasteiger partial charge < -0.3 is 9.13 Å². The second kappa shape index (κ2) is 9.90. The fraction of sp³-hybridized carbons (Fsp3) is 0.300. The van der Waals surface area contributed by atoms with Crippen molar-refractivity contribution in [2.45, 2.75) is 40.5 Å². The Morgan fingerprint density at radius 1 is 0.912 bits per heavy atom. The zero-order valence-corrected chi connectivity index (χ0v) is 23.0. The van der Waals surface area contributed by atoms with Crippen molar-refractivity contribution in [3.8, 4) is 17.1 Å². The quantitative estimate of drug-likeness (QED) is 0.181. The van der Waals surface area contributed by atoms with Gasteiger partial charge in [-0.05, 0) is 42.4 Å². The molecule has 5 aromatic rings. The number of fused-ring (bicyclic) bond motifs is 3. The fourth-order valence-corrected chi connectivity index (χ4v) is 5.19. The normalized spacial score (nSPS) is 11.6. The predicted octanol–water partition coefficient (Wildman–Crippen LogP) is 7.38. The van der Waals surface area contributed by atoms with E-state index in [9.17, 15) is 0 Å². The van der Waals surface area contributed by atoms with Crippen LogP contribution in [0.25, 0.3) is 38.9 Å². The summed E-state index contributed by atoms with van der Waals surface area (Å²) in [6, 6.07) is 22.7. The van der Waals surface area contributed by atoms with Crippen LogP contribution in [0, 0.1) is 17.9 Å². The topological polar surface area (TPSA) is 22.8 Å². The third-order valence-electron chi connectivity index (χ3n) is 6.41. The molecular formula is C30H32IrN3-. The molecule has 0 bridgehead atoms. The predicted molar refractivity (Wildman–Crippen MR) is 139 cm³/mol. The number of para-hydroxylation sites is 1. The largest absolute Gasteiger partial charge is 0.343 e. The molecule has 2 heterocycles. The average Bonchev–Trinajstić information content (AvgIpc) is 3.37. The maximum atomic E-state index is 4.77. The number of aromatic nitrogens is 3. The van der Waals surface area contributed by atoms with E-state index in [2.05, 4.69) is 98.6 Å². The van der Waals surface area contributed by atoms with Gasteiger partial charge in [0.2, 0.25) is 0 Å². The van der Waals surface area contributed by atoms with E-state index in [4.69, 9.17) is 4.98 Å². The van der Waals surface area contributed by atoms with Crippen LogP contribution < -0.4 is 0 Å². The number of aryl methyl sites for hydroxylation is 1. The van der Waals surface area contributed by atoms with E-state index in [1.54, 1.807) is 0 Å². The van der Waals surface area contributed by atoms with Crippen molar-refractivity contribution in [3.63, 3.8) is 0 Å². The first-order valence-electron chi connectivity index (χ1n) is 12.0. The van der Waals surface area contributed by atoms with Crippen LogP contribution >= 0.6 is 0 Å². The van der Waals surface area contributed by atoms with Gasteiger partial charge in [-0.2, -0.15) is 0 Å². The van der Waals surface area contributed by atoms with Crippen LogP contribution in [-0.2, 0) is 40.0 Å². The number of imidazole rings is 1. The Balaban J connectivity index is 0.00000274. The van der Waals surface area contributed by atoms with Crippen LogP contribution in [-0.4, -0.2) is 14.1 Å². The molecule has 177 valence electrons. The molecular weight excluding hydrogens is 595 g/mol. The maximum Gasteiger partial charge on any atom is 0.0602 e. The zero-order chi connectivity index (χ0) is 23.1. The first-order chi connectivity index (χ1) is 16.0. The third kappa shape index (κ3) is 4.26. The summed E-state index contributed by atoms with van der Waals surface area (Å²) in [4.78, 5) is 4.77. The molecule has 2 aromatic heterocycles. The van der Waals surface area contributed by atoms with Crippen molar-refractivity contribution in [2.75, 3.05) is 0 Å². The summed E-state index contributed by atoms with van der Waals surface area (Å²) < 4.78 is 4.69. The molecule has 0 aliphatic heterocycles. The van der Waals surface area contributed by atoms with Crippen LogP contribution in [0.5, 0.6) is 0 Å². The molecule has 0 amide bonds. The van der Waals surface area contributed by atoms with Crippen molar-refractivity contribution in [1.29, 1.82) is 0 Å². The van der Waals surface area contributed by atoms with Gasteiger partial charge in [-0.15, -0.1) is 35.9 Å². The van der Waals surface area contributed by atoms with Crippen molar-refractivity contribution < 1.29 is 20.1 Å². The van der Waals surface area contributed by atoms with E-state index in [-0.39, 0.29) is 20.1 Å². The smallest absolute Gasteiger partial charge is 0.0602 e. The number of nitrogens with zero attached hydrogens (tertiary/aromatic N) is 3. The van der Waals surface area contributed by atoms with Crippen molar-refractivity contribution in [2.24, 2.45) is 18.9 Å². The summed E-state index contributed by atoms with van der Waals surface area (Å²) in [5.41, 5.74) is 7.73. The molecule has 3 aromatic carbocycles. The van der Waals surface area contributed by atoms with Gasteiger partial charge in [0.15, 0.2) is 0 Å². The number of hydrogen-bond acceptors (Lipinski definition) is 1. The average molecular weight is 627 g/mol. The van der Waals surface area contributed by atoms with Gasteiger partial charge in [-0.25, -0.2) is 0 Å².